The van der Waals surface area contributed by atoms with Crippen LogP contribution in [0.25, 0.3) is 0 Å². The van der Waals surface area contributed by atoms with Crippen LogP contribution >= 0.6 is 23.2 Å². The molecule has 0 saturated heterocycles. The van der Waals surface area contributed by atoms with Crippen molar-refractivity contribution in [1.29, 1.82) is 0 Å². The van der Waals surface area contributed by atoms with Crippen molar-refractivity contribution in [3.05, 3.63) is 63.6 Å². The summed E-state index contributed by atoms with van der Waals surface area (Å²) >= 11 is 12.2. The molecule has 1 atom stereocenters. The minimum atomic E-state index is -4.08. The molecule has 7 nitrogen and oxygen atoms in total. The Morgan fingerprint density at radius 1 is 1.03 bits per heavy atom. The van der Waals surface area contributed by atoms with Gasteiger partial charge >= 0.3 is 0 Å². The van der Waals surface area contributed by atoms with Crippen molar-refractivity contribution in [1.82, 2.24) is 10.2 Å². The van der Waals surface area contributed by atoms with Crippen LogP contribution in [0.5, 0.6) is 0 Å². The van der Waals surface area contributed by atoms with Gasteiger partial charge in [-0.15, -0.1) is 0 Å². The summed E-state index contributed by atoms with van der Waals surface area (Å²) in [6, 6.07) is 6.13. The highest BCUT2D eigenvalue weighted by atomic mass is 35.5. The number of hydrogen-bond donors (Lipinski definition) is 1. The highest BCUT2D eigenvalue weighted by Gasteiger charge is 2.30. The molecular formula is C23H27Cl2F2N3O4S. The summed E-state index contributed by atoms with van der Waals surface area (Å²) in [5.74, 6) is -3.47. The van der Waals surface area contributed by atoms with Crippen molar-refractivity contribution in [2.24, 2.45) is 5.92 Å². The van der Waals surface area contributed by atoms with E-state index in [4.69, 9.17) is 23.2 Å². The van der Waals surface area contributed by atoms with Gasteiger partial charge in [0, 0.05) is 29.2 Å². The van der Waals surface area contributed by atoms with E-state index in [2.05, 4.69) is 5.32 Å². The van der Waals surface area contributed by atoms with E-state index in [0.717, 1.165) is 18.4 Å². The summed E-state index contributed by atoms with van der Waals surface area (Å²) < 4.78 is 52.7. The van der Waals surface area contributed by atoms with E-state index in [1.165, 1.54) is 17.9 Å². The first-order chi connectivity index (χ1) is 16.2. The topological polar surface area (TPSA) is 86.8 Å². The largest absolute Gasteiger partial charge is 0.354 e. The maximum atomic E-state index is 13.8. The SMILES string of the molecule is CC(C)CNC(=O)C(C)N(Cc1ccc(Cl)cc1Cl)C(=O)CN(c1ccc(F)c(F)c1)S(C)(=O)=O. The normalized spacial score (nSPS) is 12.4. The van der Waals surface area contributed by atoms with E-state index in [1.54, 1.807) is 12.1 Å². The molecular weight excluding hydrogens is 523 g/mol. The van der Waals surface area contributed by atoms with Gasteiger partial charge in [-0.3, -0.25) is 13.9 Å². The number of anilines is 1. The molecule has 2 aromatic rings. The van der Waals surface area contributed by atoms with E-state index in [9.17, 15) is 26.8 Å². The Hall–Kier alpha value is -2.43. The zero-order valence-corrected chi connectivity index (χ0v) is 22.0. The van der Waals surface area contributed by atoms with Crippen molar-refractivity contribution < 1.29 is 26.8 Å². The number of nitrogens with zero attached hydrogens (tertiary/aromatic N) is 2. The third-order valence-corrected chi connectivity index (χ3v) is 6.81. The average molecular weight is 550 g/mol. The molecule has 1 unspecified atom stereocenters. The zero-order chi connectivity index (χ0) is 26.5. The van der Waals surface area contributed by atoms with E-state index >= 15 is 0 Å². The summed E-state index contributed by atoms with van der Waals surface area (Å²) in [6.45, 7) is 4.81. The quantitative estimate of drug-likeness (QED) is 0.480. The number of amides is 2. The fourth-order valence-corrected chi connectivity index (χ4v) is 4.43. The fourth-order valence-electron chi connectivity index (χ4n) is 3.12. The van der Waals surface area contributed by atoms with Crippen LogP contribution in [-0.4, -0.2) is 50.5 Å². The Morgan fingerprint density at radius 3 is 2.23 bits per heavy atom. The van der Waals surface area contributed by atoms with Gasteiger partial charge in [-0.25, -0.2) is 17.2 Å². The van der Waals surface area contributed by atoms with Crippen LogP contribution in [-0.2, 0) is 26.2 Å². The minimum Gasteiger partial charge on any atom is -0.354 e. The Labute approximate surface area is 214 Å². The molecule has 2 aromatic carbocycles. The molecule has 0 aliphatic carbocycles. The van der Waals surface area contributed by atoms with Gasteiger partial charge in [0.25, 0.3) is 0 Å². The van der Waals surface area contributed by atoms with Gasteiger partial charge in [0.05, 0.1) is 11.9 Å². The van der Waals surface area contributed by atoms with Gasteiger partial charge in [-0.1, -0.05) is 43.1 Å². The highest BCUT2D eigenvalue weighted by Crippen LogP contribution is 2.25. The number of benzene rings is 2. The lowest BCUT2D eigenvalue weighted by molar-refractivity contribution is -0.139. The van der Waals surface area contributed by atoms with E-state index in [0.29, 0.717) is 27.5 Å². The molecule has 0 aliphatic heterocycles. The summed E-state index contributed by atoms with van der Waals surface area (Å²) in [7, 11) is -4.08. The van der Waals surface area contributed by atoms with Gasteiger partial charge in [-0.05, 0) is 42.7 Å². The van der Waals surface area contributed by atoms with Crippen LogP contribution in [0.2, 0.25) is 10.0 Å². The predicted octanol–water partition coefficient (Wildman–Crippen LogP) is 4.23. The molecule has 0 aromatic heterocycles. The number of carbonyl (C=O) groups is 2. The Morgan fingerprint density at radius 2 is 1.69 bits per heavy atom. The van der Waals surface area contributed by atoms with E-state index in [-0.39, 0.29) is 23.2 Å². The molecule has 0 bridgehead atoms. The second kappa shape index (κ2) is 12.0. The average Bonchev–Trinajstić information content (AvgIpc) is 2.75. The lowest BCUT2D eigenvalue weighted by Gasteiger charge is -2.32. The molecule has 35 heavy (non-hydrogen) atoms. The second-order valence-corrected chi connectivity index (χ2v) is 11.2. The summed E-state index contributed by atoms with van der Waals surface area (Å²) in [4.78, 5) is 27.3. The Kier molecular flexibility index (Phi) is 9.88. The van der Waals surface area contributed by atoms with Crippen molar-refractivity contribution in [3.63, 3.8) is 0 Å². The summed E-state index contributed by atoms with van der Waals surface area (Å²) in [5, 5.41) is 3.38. The van der Waals surface area contributed by atoms with Gasteiger partial charge in [-0.2, -0.15) is 0 Å². The number of rotatable bonds is 10. The summed E-state index contributed by atoms with van der Waals surface area (Å²) in [6.07, 6.45) is 0.834. The minimum absolute atomic E-state index is 0.125. The number of carbonyl (C=O) groups excluding carboxylic acids is 2. The first-order valence-corrected chi connectivity index (χ1v) is 13.2. The Bertz CT molecular complexity index is 1200. The molecule has 0 aliphatic rings. The number of nitrogens with one attached hydrogen (secondary N) is 1. The van der Waals surface area contributed by atoms with E-state index < -0.39 is 46.1 Å². The number of halogens is 4. The smallest absolute Gasteiger partial charge is 0.244 e. The van der Waals surface area contributed by atoms with Gasteiger partial charge in [0.1, 0.15) is 12.6 Å². The van der Waals surface area contributed by atoms with Crippen LogP contribution in [0, 0.1) is 17.6 Å². The van der Waals surface area contributed by atoms with Crippen LogP contribution in [0.4, 0.5) is 14.5 Å². The molecule has 1 N–H and O–H groups in total. The molecule has 0 saturated carbocycles. The second-order valence-electron chi connectivity index (χ2n) is 8.44. The van der Waals surface area contributed by atoms with Crippen molar-refractivity contribution >= 4 is 50.7 Å². The summed E-state index contributed by atoms with van der Waals surface area (Å²) in [5.41, 5.74) is 0.243. The van der Waals surface area contributed by atoms with Crippen molar-refractivity contribution in [2.75, 3.05) is 23.7 Å². The number of hydrogen-bond acceptors (Lipinski definition) is 4. The fraction of sp³-hybridized carbons (Fsp3) is 0.391. The third kappa shape index (κ3) is 8.05. The standard InChI is InChI=1S/C23H27Cl2F2N3O4S/c1-14(2)11-28-23(32)15(3)29(12-16-5-6-17(24)9-19(16)25)22(31)13-30(35(4,33)34)18-7-8-20(26)21(27)10-18/h5-10,14-15H,11-13H2,1-4H3,(H,28,32). The molecule has 12 heteroatoms. The molecule has 0 spiro atoms. The molecule has 0 fully saturated rings. The van der Waals surface area contributed by atoms with E-state index in [1.807, 2.05) is 13.8 Å². The molecule has 0 heterocycles. The predicted molar refractivity (Wildman–Crippen MR) is 133 cm³/mol. The molecule has 192 valence electrons. The number of sulfonamides is 1. The van der Waals surface area contributed by atoms with Gasteiger partial charge < -0.3 is 10.2 Å². The third-order valence-electron chi connectivity index (χ3n) is 5.08. The molecule has 2 rings (SSSR count). The molecule has 0 radical (unpaired) electrons. The first-order valence-electron chi connectivity index (χ1n) is 10.6. The lowest BCUT2D eigenvalue weighted by Crippen LogP contribution is -2.51. The maximum absolute atomic E-state index is 13.8. The van der Waals surface area contributed by atoms with Crippen LogP contribution in [0.1, 0.15) is 26.3 Å². The van der Waals surface area contributed by atoms with Crippen LogP contribution < -0.4 is 9.62 Å². The zero-order valence-electron chi connectivity index (χ0n) is 19.7. The maximum Gasteiger partial charge on any atom is 0.244 e. The van der Waals surface area contributed by atoms with Gasteiger partial charge in [0.2, 0.25) is 21.8 Å². The molecule has 2 amide bonds. The van der Waals surface area contributed by atoms with Crippen LogP contribution in [0.3, 0.4) is 0 Å². The van der Waals surface area contributed by atoms with Crippen molar-refractivity contribution in [2.45, 2.75) is 33.4 Å². The first kappa shape index (κ1) is 28.8. The van der Waals surface area contributed by atoms with Gasteiger partial charge in [0.15, 0.2) is 11.6 Å². The monoisotopic (exact) mass is 549 g/mol. The lowest BCUT2D eigenvalue weighted by atomic mass is 10.1. The Balaban J connectivity index is 2.42. The van der Waals surface area contributed by atoms with Crippen LogP contribution in [0.15, 0.2) is 36.4 Å². The highest BCUT2D eigenvalue weighted by molar-refractivity contribution is 7.92. The van der Waals surface area contributed by atoms with Crippen molar-refractivity contribution in [3.8, 4) is 0 Å².